The molecule has 22 heavy (non-hydrogen) atoms. The van der Waals surface area contributed by atoms with E-state index in [1.54, 1.807) is 12.3 Å². The third-order valence-corrected chi connectivity index (χ3v) is 4.75. The average molecular weight is 359 g/mol. The van der Waals surface area contributed by atoms with Crippen LogP contribution in [0.4, 0.5) is 4.39 Å². The van der Waals surface area contributed by atoms with Crippen LogP contribution >= 0.6 is 15.9 Å². The van der Waals surface area contributed by atoms with Gasteiger partial charge in [-0.25, -0.2) is 4.39 Å². The Labute approximate surface area is 134 Å². The van der Waals surface area contributed by atoms with Crippen LogP contribution in [0.3, 0.4) is 0 Å². The van der Waals surface area contributed by atoms with Crippen LogP contribution in [0.15, 0.2) is 28.9 Å². The maximum absolute atomic E-state index is 14.4. The molecule has 6 heteroatoms. The molecule has 1 aromatic carbocycles. The molecule has 2 aromatic heterocycles. The molecule has 0 saturated heterocycles. The van der Waals surface area contributed by atoms with Gasteiger partial charge in [-0.2, -0.15) is 10.4 Å². The van der Waals surface area contributed by atoms with Crippen molar-refractivity contribution in [3.05, 3.63) is 40.2 Å². The maximum atomic E-state index is 14.4. The molecular formula is C16H12BrFN4. The van der Waals surface area contributed by atoms with Gasteiger partial charge in [-0.05, 0) is 34.8 Å². The number of halogens is 2. The van der Waals surface area contributed by atoms with E-state index in [2.05, 4.69) is 27.1 Å². The van der Waals surface area contributed by atoms with Crippen LogP contribution in [0, 0.1) is 17.1 Å². The number of fused-ring (bicyclic) bond motifs is 5. The summed E-state index contributed by atoms with van der Waals surface area (Å²) in [7, 11) is 0. The van der Waals surface area contributed by atoms with Crippen molar-refractivity contribution in [2.45, 2.75) is 25.9 Å². The second kappa shape index (κ2) is 4.96. The number of aromatic nitrogens is 3. The topological polar surface area (TPSA) is 46.5 Å². The zero-order chi connectivity index (χ0) is 15.3. The largest absolute Gasteiger partial charge is 0.336 e. The van der Waals surface area contributed by atoms with Crippen molar-refractivity contribution in [1.82, 2.24) is 14.3 Å². The van der Waals surface area contributed by atoms with Crippen molar-refractivity contribution >= 4 is 26.8 Å². The molecule has 1 aliphatic rings. The summed E-state index contributed by atoms with van der Waals surface area (Å²) in [6.45, 7) is 1.50. The highest BCUT2D eigenvalue weighted by atomic mass is 79.9. The van der Waals surface area contributed by atoms with Gasteiger partial charge in [0.05, 0.1) is 27.4 Å². The molecule has 0 aliphatic carbocycles. The van der Waals surface area contributed by atoms with Gasteiger partial charge in [-0.3, -0.25) is 4.68 Å². The molecule has 4 rings (SSSR count). The fourth-order valence-electron chi connectivity index (χ4n) is 3.25. The van der Waals surface area contributed by atoms with Crippen LogP contribution in [0.5, 0.6) is 0 Å². The van der Waals surface area contributed by atoms with Crippen LogP contribution in [0.25, 0.3) is 22.3 Å². The van der Waals surface area contributed by atoms with E-state index in [-0.39, 0.29) is 5.82 Å². The van der Waals surface area contributed by atoms with E-state index in [4.69, 9.17) is 0 Å². The molecular weight excluding hydrogens is 347 g/mol. The fourth-order valence-corrected chi connectivity index (χ4v) is 3.73. The van der Waals surface area contributed by atoms with Crippen LogP contribution in [0.2, 0.25) is 0 Å². The summed E-state index contributed by atoms with van der Waals surface area (Å²) in [6.07, 6.45) is 3.63. The third kappa shape index (κ3) is 1.75. The minimum Gasteiger partial charge on any atom is -0.336 e. The van der Waals surface area contributed by atoms with Gasteiger partial charge < -0.3 is 4.57 Å². The van der Waals surface area contributed by atoms with E-state index in [1.807, 2.05) is 15.3 Å². The zero-order valence-corrected chi connectivity index (χ0v) is 13.3. The molecule has 0 fully saturated rings. The van der Waals surface area contributed by atoms with Gasteiger partial charge in [0.25, 0.3) is 0 Å². The van der Waals surface area contributed by atoms with E-state index < -0.39 is 0 Å². The Kier molecular flexibility index (Phi) is 3.05. The Hall–Kier alpha value is -2.13. The number of rotatable bonds is 0. The van der Waals surface area contributed by atoms with Gasteiger partial charge in [0, 0.05) is 18.5 Å². The molecule has 0 unspecified atom stereocenters. The van der Waals surface area contributed by atoms with Gasteiger partial charge in [0.2, 0.25) is 0 Å². The Bertz CT molecular complexity index is 932. The molecule has 0 bridgehead atoms. The van der Waals surface area contributed by atoms with E-state index >= 15 is 0 Å². The van der Waals surface area contributed by atoms with Crippen molar-refractivity contribution in [1.29, 1.82) is 5.26 Å². The lowest BCUT2D eigenvalue weighted by molar-refractivity contribution is 0.511. The normalized spacial score (nSPS) is 14.0. The molecule has 3 heterocycles. The molecule has 0 atom stereocenters. The SMILES string of the molecule is N#Cc1c2n(c3c(F)cccc13)CCCCn1ncc(Br)c1-2. The highest BCUT2D eigenvalue weighted by Crippen LogP contribution is 2.39. The van der Waals surface area contributed by atoms with E-state index in [1.165, 1.54) is 6.07 Å². The van der Waals surface area contributed by atoms with E-state index in [9.17, 15) is 9.65 Å². The van der Waals surface area contributed by atoms with Crippen LogP contribution < -0.4 is 0 Å². The summed E-state index contributed by atoms with van der Waals surface area (Å²) in [5, 5.41) is 14.7. The summed E-state index contributed by atoms with van der Waals surface area (Å²) < 4.78 is 19.1. The fraction of sp³-hybridized carbons (Fsp3) is 0.250. The quantitative estimate of drug-likeness (QED) is 0.607. The summed E-state index contributed by atoms with van der Waals surface area (Å²) in [4.78, 5) is 0. The monoisotopic (exact) mass is 358 g/mol. The number of aryl methyl sites for hydroxylation is 2. The Morgan fingerprint density at radius 1 is 1.23 bits per heavy atom. The minimum absolute atomic E-state index is 0.289. The Morgan fingerprint density at radius 2 is 2.05 bits per heavy atom. The first-order valence-electron chi connectivity index (χ1n) is 7.15. The number of nitrogens with zero attached hydrogens (tertiary/aromatic N) is 4. The Morgan fingerprint density at radius 3 is 2.86 bits per heavy atom. The van der Waals surface area contributed by atoms with Gasteiger partial charge in [-0.1, -0.05) is 12.1 Å². The highest BCUT2D eigenvalue weighted by Gasteiger charge is 2.26. The van der Waals surface area contributed by atoms with Gasteiger partial charge in [0.1, 0.15) is 17.6 Å². The number of hydrogen-bond acceptors (Lipinski definition) is 2. The highest BCUT2D eigenvalue weighted by molar-refractivity contribution is 9.10. The smallest absolute Gasteiger partial charge is 0.147 e. The predicted molar refractivity (Wildman–Crippen MR) is 84.8 cm³/mol. The molecule has 4 nitrogen and oxygen atoms in total. The van der Waals surface area contributed by atoms with E-state index in [0.717, 1.165) is 35.2 Å². The van der Waals surface area contributed by atoms with Gasteiger partial charge >= 0.3 is 0 Å². The minimum atomic E-state index is -0.289. The van der Waals surface area contributed by atoms with Crippen LogP contribution in [-0.2, 0) is 13.1 Å². The molecule has 0 N–H and O–H groups in total. The maximum Gasteiger partial charge on any atom is 0.147 e. The molecule has 110 valence electrons. The zero-order valence-electron chi connectivity index (χ0n) is 11.7. The van der Waals surface area contributed by atoms with Crippen LogP contribution in [0.1, 0.15) is 18.4 Å². The van der Waals surface area contributed by atoms with Crippen LogP contribution in [-0.4, -0.2) is 14.3 Å². The lowest BCUT2D eigenvalue weighted by atomic mass is 10.1. The number of para-hydroxylation sites is 1. The standard InChI is InChI=1S/C16H12BrFN4/c17-12-9-20-22-7-2-1-6-21-14-10(4-3-5-13(14)18)11(8-19)15(21)16(12)22/h3-5,9H,1-2,6-7H2. The Balaban J connectivity index is 2.21. The summed E-state index contributed by atoms with van der Waals surface area (Å²) in [6, 6.07) is 7.17. The first-order chi connectivity index (χ1) is 10.7. The summed E-state index contributed by atoms with van der Waals surface area (Å²) in [5.74, 6) is -0.289. The average Bonchev–Trinajstić information content (AvgIpc) is 2.99. The molecule has 1 aliphatic heterocycles. The number of nitriles is 1. The summed E-state index contributed by atoms with van der Waals surface area (Å²) in [5.41, 5.74) is 2.63. The molecule has 0 saturated carbocycles. The van der Waals surface area contributed by atoms with Crippen molar-refractivity contribution in [3.8, 4) is 17.5 Å². The van der Waals surface area contributed by atoms with E-state index in [0.29, 0.717) is 23.0 Å². The third-order valence-electron chi connectivity index (χ3n) is 4.17. The van der Waals surface area contributed by atoms with Gasteiger partial charge in [-0.15, -0.1) is 0 Å². The summed E-state index contributed by atoms with van der Waals surface area (Å²) >= 11 is 3.52. The molecule has 0 amide bonds. The first-order valence-corrected chi connectivity index (χ1v) is 7.94. The van der Waals surface area contributed by atoms with Crippen molar-refractivity contribution in [2.24, 2.45) is 0 Å². The van der Waals surface area contributed by atoms with Crippen molar-refractivity contribution < 1.29 is 4.39 Å². The molecule has 0 radical (unpaired) electrons. The number of hydrogen-bond donors (Lipinski definition) is 0. The van der Waals surface area contributed by atoms with Gasteiger partial charge in [0.15, 0.2) is 0 Å². The van der Waals surface area contributed by atoms with Crippen molar-refractivity contribution in [3.63, 3.8) is 0 Å². The molecule has 3 aromatic rings. The van der Waals surface area contributed by atoms with Crippen molar-refractivity contribution in [2.75, 3.05) is 0 Å². The lowest BCUT2D eigenvalue weighted by Crippen LogP contribution is -2.12. The number of benzene rings is 1. The second-order valence-corrected chi connectivity index (χ2v) is 6.25. The lowest BCUT2D eigenvalue weighted by Gasteiger charge is -2.17. The first kappa shape index (κ1) is 13.5. The second-order valence-electron chi connectivity index (χ2n) is 5.39. The predicted octanol–water partition coefficient (Wildman–Crippen LogP) is 4.07. The molecule has 0 spiro atoms.